The molecule has 0 amide bonds. The Bertz CT molecular complexity index is 576. The number of aliphatic hydroxyl groups is 1. The van der Waals surface area contributed by atoms with Crippen LogP contribution in [0.2, 0.25) is 0 Å². The van der Waals surface area contributed by atoms with E-state index in [4.69, 9.17) is 14.6 Å². The van der Waals surface area contributed by atoms with Crippen molar-refractivity contribution in [1.82, 2.24) is 15.0 Å². The summed E-state index contributed by atoms with van der Waals surface area (Å²) in [4.78, 5) is 11.2. The minimum atomic E-state index is -0.489. The molecule has 2 heterocycles. The molecule has 0 spiro atoms. The number of aryl methyl sites for hydroxylation is 1. The van der Waals surface area contributed by atoms with Crippen LogP contribution in [-0.2, 0) is 13.0 Å². The summed E-state index contributed by atoms with van der Waals surface area (Å²) < 4.78 is 6.58. The highest BCUT2D eigenvalue weighted by Crippen LogP contribution is 2.06. The lowest BCUT2D eigenvalue weighted by Crippen LogP contribution is -2.05. The fourth-order valence-electron chi connectivity index (χ4n) is 1.48. The fraction of sp³-hybridized carbons (Fsp3) is 0.364. The molecule has 2 rings (SSSR count). The van der Waals surface area contributed by atoms with E-state index in [9.17, 15) is 4.79 Å². The minimum absolute atomic E-state index is 0.111. The van der Waals surface area contributed by atoms with Crippen LogP contribution < -0.4 is 5.43 Å². The molecule has 0 aromatic carbocycles. The summed E-state index contributed by atoms with van der Waals surface area (Å²) in [6.45, 7) is 0.376. The van der Waals surface area contributed by atoms with Crippen LogP contribution in [0.3, 0.4) is 0 Å². The molecule has 0 saturated heterocycles. The zero-order valence-electron chi connectivity index (χ0n) is 9.61. The maximum atomic E-state index is 11.2. The number of hydrogen-bond acceptors (Lipinski definition) is 6. The molecule has 7 heteroatoms. The van der Waals surface area contributed by atoms with Gasteiger partial charge in [-0.05, 0) is 12.8 Å². The molecule has 0 aliphatic carbocycles. The van der Waals surface area contributed by atoms with Gasteiger partial charge in [0, 0.05) is 18.9 Å². The predicted molar refractivity (Wildman–Crippen MR) is 61.2 cm³/mol. The Kier molecular flexibility index (Phi) is 3.73. The SMILES string of the molecule is O=c1cc(Cn2cc(CCCO)nn2)occ1O. The van der Waals surface area contributed by atoms with Gasteiger partial charge in [-0.2, -0.15) is 0 Å². The molecule has 0 atom stereocenters. The Hall–Kier alpha value is -2.15. The Morgan fingerprint density at radius 2 is 2.28 bits per heavy atom. The molecule has 0 aliphatic heterocycles. The van der Waals surface area contributed by atoms with E-state index in [0.29, 0.717) is 18.6 Å². The van der Waals surface area contributed by atoms with E-state index >= 15 is 0 Å². The highest BCUT2D eigenvalue weighted by molar-refractivity contribution is 5.15. The molecule has 2 aromatic rings. The zero-order chi connectivity index (χ0) is 13.0. The quantitative estimate of drug-likeness (QED) is 0.770. The largest absolute Gasteiger partial charge is 0.502 e. The summed E-state index contributed by atoms with van der Waals surface area (Å²) in [7, 11) is 0. The van der Waals surface area contributed by atoms with Gasteiger partial charge >= 0.3 is 0 Å². The van der Waals surface area contributed by atoms with Crippen molar-refractivity contribution in [2.45, 2.75) is 19.4 Å². The molecular formula is C11H13N3O4. The third-order valence-corrected chi connectivity index (χ3v) is 2.36. The van der Waals surface area contributed by atoms with Crippen molar-refractivity contribution >= 4 is 0 Å². The number of aromatic hydroxyl groups is 1. The van der Waals surface area contributed by atoms with Crippen molar-refractivity contribution in [2.24, 2.45) is 0 Å². The van der Waals surface area contributed by atoms with Crippen molar-refractivity contribution in [3.05, 3.63) is 40.2 Å². The first-order chi connectivity index (χ1) is 8.69. The lowest BCUT2D eigenvalue weighted by atomic mass is 10.2. The van der Waals surface area contributed by atoms with Gasteiger partial charge in [-0.15, -0.1) is 5.10 Å². The van der Waals surface area contributed by atoms with Crippen LogP contribution >= 0.6 is 0 Å². The average Bonchev–Trinajstić information content (AvgIpc) is 2.79. The van der Waals surface area contributed by atoms with Gasteiger partial charge in [-0.1, -0.05) is 5.21 Å². The van der Waals surface area contributed by atoms with Gasteiger partial charge in [0.1, 0.15) is 18.6 Å². The highest BCUT2D eigenvalue weighted by atomic mass is 16.4. The van der Waals surface area contributed by atoms with Gasteiger partial charge < -0.3 is 14.6 Å². The van der Waals surface area contributed by atoms with Crippen molar-refractivity contribution in [3.8, 4) is 5.75 Å². The van der Waals surface area contributed by atoms with E-state index in [2.05, 4.69) is 10.3 Å². The number of nitrogens with zero attached hydrogens (tertiary/aromatic N) is 3. The van der Waals surface area contributed by atoms with Gasteiger partial charge in [-0.3, -0.25) is 4.79 Å². The monoisotopic (exact) mass is 251 g/mol. The van der Waals surface area contributed by atoms with Crippen molar-refractivity contribution in [1.29, 1.82) is 0 Å². The van der Waals surface area contributed by atoms with Crippen LogP contribution in [0.5, 0.6) is 5.75 Å². The number of rotatable bonds is 5. The third kappa shape index (κ3) is 2.95. The van der Waals surface area contributed by atoms with E-state index in [1.165, 1.54) is 10.7 Å². The average molecular weight is 251 g/mol. The van der Waals surface area contributed by atoms with Crippen molar-refractivity contribution in [3.63, 3.8) is 0 Å². The molecule has 0 unspecified atom stereocenters. The second-order valence-corrected chi connectivity index (χ2v) is 3.83. The van der Waals surface area contributed by atoms with E-state index in [-0.39, 0.29) is 13.2 Å². The summed E-state index contributed by atoms with van der Waals surface area (Å²) in [6.07, 6.45) is 4.01. The van der Waals surface area contributed by atoms with E-state index in [1.807, 2.05) is 0 Å². The molecule has 0 radical (unpaired) electrons. The zero-order valence-corrected chi connectivity index (χ0v) is 9.61. The summed E-state index contributed by atoms with van der Waals surface area (Å²) in [6, 6.07) is 1.21. The van der Waals surface area contributed by atoms with Gasteiger partial charge in [0.15, 0.2) is 5.75 Å². The van der Waals surface area contributed by atoms with Gasteiger partial charge in [-0.25, -0.2) is 4.68 Å². The molecule has 0 saturated carbocycles. The van der Waals surface area contributed by atoms with Crippen molar-refractivity contribution in [2.75, 3.05) is 6.61 Å². The fourth-order valence-corrected chi connectivity index (χ4v) is 1.48. The topological polar surface area (TPSA) is 101 Å². The normalized spacial score (nSPS) is 10.7. The second-order valence-electron chi connectivity index (χ2n) is 3.83. The maximum Gasteiger partial charge on any atom is 0.226 e. The van der Waals surface area contributed by atoms with Crippen LogP contribution in [0.4, 0.5) is 0 Å². The standard InChI is InChI=1S/C11H13N3O4/c15-3-1-2-8-5-14(13-12-8)6-9-4-10(16)11(17)7-18-9/h4-5,7,15,17H,1-3,6H2. The smallest absolute Gasteiger partial charge is 0.226 e. The van der Waals surface area contributed by atoms with Crippen LogP contribution in [0.1, 0.15) is 17.9 Å². The number of aliphatic hydroxyl groups excluding tert-OH is 1. The van der Waals surface area contributed by atoms with Gasteiger partial charge in [0.2, 0.25) is 5.43 Å². The van der Waals surface area contributed by atoms with Crippen LogP contribution in [0.15, 0.2) is 27.7 Å². The Labute approximate surface area is 102 Å². The first kappa shape index (κ1) is 12.3. The molecule has 0 aliphatic rings. The first-order valence-electron chi connectivity index (χ1n) is 5.49. The molecule has 0 fully saturated rings. The summed E-state index contributed by atoms with van der Waals surface area (Å²) >= 11 is 0. The lowest BCUT2D eigenvalue weighted by molar-refractivity contribution is 0.288. The second kappa shape index (κ2) is 5.46. The predicted octanol–water partition coefficient (Wildman–Crippen LogP) is -0.0899. The molecule has 2 aromatic heterocycles. The summed E-state index contributed by atoms with van der Waals surface area (Å²) in [5, 5.41) is 25.5. The van der Waals surface area contributed by atoms with Gasteiger partial charge in [0.25, 0.3) is 0 Å². The molecule has 7 nitrogen and oxygen atoms in total. The Balaban J connectivity index is 2.06. The molecule has 96 valence electrons. The first-order valence-corrected chi connectivity index (χ1v) is 5.49. The van der Waals surface area contributed by atoms with E-state index in [0.717, 1.165) is 12.0 Å². The molecule has 0 bridgehead atoms. The molecule has 2 N–H and O–H groups in total. The maximum absolute atomic E-state index is 11.2. The summed E-state index contributed by atoms with van der Waals surface area (Å²) in [5.41, 5.74) is 0.280. The van der Waals surface area contributed by atoms with Crippen molar-refractivity contribution < 1.29 is 14.6 Å². The third-order valence-electron chi connectivity index (χ3n) is 2.36. The van der Waals surface area contributed by atoms with Crippen LogP contribution in [0, 0.1) is 0 Å². The summed E-state index contributed by atoms with van der Waals surface area (Å²) in [5.74, 6) is -0.0302. The van der Waals surface area contributed by atoms with Gasteiger partial charge in [0.05, 0.1) is 5.69 Å². The Morgan fingerprint density at radius 3 is 3.00 bits per heavy atom. The Morgan fingerprint density at radius 1 is 1.44 bits per heavy atom. The van der Waals surface area contributed by atoms with E-state index < -0.39 is 11.2 Å². The van der Waals surface area contributed by atoms with E-state index in [1.54, 1.807) is 6.20 Å². The van der Waals surface area contributed by atoms with Crippen LogP contribution in [-0.4, -0.2) is 31.8 Å². The van der Waals surface area contributed by atoms with Crippen LogP contribution in [0.25, 0.3) is 0 Å². The minimum Gasteiger partial charge on any atom is -0.502 e. The number of aromatic nitrogens is 3. The lowest BCUT2D eigenvalue weighted by Gasteiger charge is -1.99. The molecular weight excluding hydrogens is 238 g/mol. The molecule has 18 heavy (non-hydrogen) atoms. The highest BCUT2D eigenvalue weighted by Gasteiger charge is 2.05. The number of hydrogen-bond donors (Lipinski definition) is 2.